The molecule has 0 aliphatic carbocycles. The lowest BCUT2D eigenvalue weighted by molar-refractivity contribution is -0.123. The number of rotatable bonds is 5. The zero-order valence-electron chi connectivity index (χ0n) is 11.6. The Morgan fingerprint density at radius 3 is 2.84 bits per heavy atom. The number of amides is 1. The molecule has 0 saturated carbocycles. The summed E-state index contributed by atoms with van der Waals surface area (Å²) in [6, 6.07) is 7.91. The summed E-state index contributed by atoms with van der Waals surface area (Å²) < 4.78 is 5.65. The molecule has 1 amide bonds. The van der Waals surface area contributed by atoms with E-state index in [4.69, 9.17) is 4.74 Å². The van der Waals surface area contributed by atoms with Crippen molar-refractivity contribution in [3.8, 4) is 5.75 Å². The Kier molecular flexibility index (Phi) is 4.80. The van der Waals surface area contributed by atoms with Gasteiger partial charge in [0.2, 0.25) is 5.91 Å². The third kappa shape index (κ3) is 4.24. The quantitative estimate of drug-likeness (QED) is 0.848. The number of hydrogen-bond donors (Lipinski definition) is 2. The van der Waals surface area contributed by atoms with E-state index in [1.54, 1.807) is 0 Å². The molecule has 0 radical (unpaired) electrons. The molecule has 1 aromatic rings. The maximum absolute atomic E-state index is 11.9. The van der Waals surface area contributed by atoms with Crippen LogP contribution in [-0.4, -0.2) is 31.1 Å². The van der Waals surface area contributed by atoms with Crippen LogP contribution >= 0.6 is 0 Å². The molecule has 104 valence electrons. The maximum atomic E-state index is 11.9. The van der Waals surface area contributed by atoms with Crippen molar-refractivity contribution >= 4 is 5.91 Å². The average molecular weight is 262 g/mol. The van der Waals surface area contributed by atoms with Gasteiger partial charge in [-0.25, -0.2) is 0 Å². The van der Waals surface area contributed by atoms with Gasteiger partial charge in [0.15, 0.2) is 0 Å². The predicted octanol–water partition coefficient (Wildman–Crippen LogP) is 1.63. The summed E-state index contributed by atoms with van der Waals surface area (Å²) in [5, 5.41) is 6.17. The van der Waals surface area contributed by atoms with Crippen LogP contribution in [0.2, 0.25) is 0 Å². The number of benzene rings is 1. The summed E-state index contributed by atoms with van der Waals surface area (Å²) in [6.45, 7) is 5.43. The summed E-state index contributed by atoms with van der Waals surface area (Å²) in [5.41, 5.74) is 1.21. The van der Waals surface area contributed by atoms with Crippen LogP contribution in [0.15, 0.2) is 24.3 Å². The number of nitrogens with one attached hydrogen (secondary N) is 2. The minimum atomic E-state index is -0.0261. The monoisotopic (exact) mass is 262 g/mol. The van der Waals surface area contributed by atoms with Gasteiger partial charge in [0, 0.05) is 0 Å². The van der Waals surface area contributed by atoms with Crippen molar-refractivity contribution in [2.75, 3.05) is 13.2 Å². The van der Waals surface area contributed by atoms with Crippen molar-refractivity contribution in [3.63, 3.8) is 0 Å². The van der Waals surface area contributed by atoms with Crippen LogP contribution in [0.25, 0.3) is 0 Å². The highest BCUT2D eigenvalue weighted by atomic mass is 16.5. The minimum Gasteiger partial charge on any atom is -0.491 e. The first-order chi connectivity index (χ1) is 9.15. The number of carbonyl (C=O) groups excluding carboxylic acids is 1. The molecule has 2 rings (SSSR count). The lowest BCUT2D eigenvalue weighted by Crippen LogP contribution is -2.46. The van der Waals surface area contributed by atoms with Gasteiger partial charge in [-0.1, -0.05) is 17.7 Å². The normalized spacial score (nSPS) is 20.0. The fourth-order valence-electron chi connectivity index (χ4n) is 2.15. The van der Waals surface area contributed by atoms with Crippen molar-refractivity contribution in [3.05, 3.63) is 29.8 Å². The van der Waals surface area contributed by atoms with E-state index in [0.29, 0.717) is 6.61 Å². The Bertz CT molecular complexity index is 411. The van der Waals surface area contributed by atoms with E-state index in [-0.39, 0.29) is 18.0 Å². The van der Waals surface area contributed by atoms with Crippen LogP contribution in [0.1, 0.15) is 25.3 Å². The minimum absolute atomic E-state index is 0.0104. The van der Waals surface area contributed by atoms with Crippen LogP contribution < -0.4 is 15.4 Å². The Morgan fingerprint density at radius 1 is 1.47 bits per heavy atom. The topological polar surface area (TPSA) is 50.4 Å². The van der Waals surface area contributed by atoms with Gasteiger partial charge in [0.25, 0.3) is 0 Å². The number of carbonyl (C=O) groups is 1. The third-order valence-corrected chi connectivity index (χ3v) is 3.29. The first-order valence-corrected chi connectivity index (χ1v) is 6.88. The molecule has 0 spiro atoms. The second-order valence-corrected chi connectivity index (χ2v) is 5.18. The molecule has 0 bridgehead atoms. The van der Waals surface area contributed by atoms with Gasteiger partial charge >= 0.3 is 0 Å². The Balaban J connectivity index is 1.73. The lowest BCUT2D eigenvalue weighted by atomic mass is 10.2. The second-order valence-electron chi connectivity index (χ2n) is 5.18. The molecule has 19 heavy (non-hydrogen) atoms. The highest BCUT2D eigenvalue weighted by molar-refractivity contribution is 5.82. The van der Waals surface area contributed by atoms with E-state index in [2.05, 4.69) is 10.6 Å². The van der Waals surface area contributed by atoms with Crippen LogP contribution in [0.4, 0.5) is 0 Å². The Morgan fingerprint density at radius 2 is 2.21 bits per heavy atom. The van der Waals surface area contributed by atoms with E-state index < -0.39 is 0 Å². The van der Waals surface area contributed by atoms with Crippen molar-refractivity contribution < 1.29 is 9.53 Å². The summed E-state index contributed by atoms with van der Waals surface area (Å²) in [5.74, 6) is 0.920. The molecular weight excluding hydrogens is 240 g/mol. The van der Waals surface area contributed by atoms with Gasteiger partial charge in [-0.15, -0.1) is 0 Å². The molecule has 1 fully saturated rings. The van der Waals surface area contributed by atoms with Gasteiger partial charge in [-0.2, -0.15) is 0 Å². The first kappa shape index (κ1) is 13.9. The molecule has 4 nitrogen and oxygen atoms in total. The molecule has 2 atom stereocenters. The molecule has 1 saturated heterocycles. The Labute approximate surface area is 114 Å². The van der Waals surface area contributed by atoms with E-state index in [9.17, 15) is 4.79 Å². The van der Waals surface area contributed by atoms with Gasteiger partial charge in [-0.3, -0.25) is 4.79 Å². The number of hydrogen-bond acceptors (Lipinski definition) is 3. The Hall–Kier alpha value is -1.55. The zero-order chi connectivity index (χ0) is 13.7. The summed E-state index contributed by atoms with van der Waals surface area (Å²) >= 11 is 0. The molecule has 2 N–H and O–H groups in total. The zero-order valence-corrected chi connectivity index (χ0v) is 11.6. The second kappa shape index (κ2) is 6.57. The summed E-state index contributed by atoms with van der Waals surface area (Å²) in [7, 11) is 0. The van der Waals surface area contributed by atoms with E-state index in [1.165, 1.54) is 5.56 Å². The van der Waals surface area contributed by atoms with Crippen molar-refractivity contribution in [1.29, 1.82) is 0 Å². The molecule has 1 heterocycles. The van der Waals surface area contributed by atoms with Crippen LogP contribution in [0.3, 0.4) is 0 Å². The van der Waals surface area contributed by atoms with E-state index in [0.717, 1.165) is 25.1 Å². The van der Waals surface area contributed by atoms with Gasteiger partial charge in [0.1, 0.15) is 12.4 Å². The largest absolute Gasteiger partial charge is 0.491 e. The molecule has 2 unspecified atom stereocenters. The summed E-state index contributed by atoms with van der Waals surface area (Å²) in [4.78, 5) is 11.9. The van der Waals surface area contributed by atoms with E-state index >= 15 is 0 Å². The average Bonchev–Trinajstić information content (AvgIpc) is 2.92. The third-order valence-electron chi connectivity index (χ3n) is 3.29. The predicted molar refractivity (Wildman–Crippen MR) is 75.3 cm³/mol. The number of aryl methyl sites for hydroxylation is 1. The molecular formula is C15H22N2O2. The summed E-state index contributed by atoms with van der Waals surface area (Å²) in [6.07, 6.45) is 2.00. The lowest BCUT2D eigenvalue weighted by Gasteiger charge is -2.17. The fourth-order valence-corrected chi connectivity index (χ4v) is 2.15. The molecule has 1 aromatic carbocycles. The smallest absolute Gasteiger partial charge is 0.237 e. The first-order valence-electron chi connectivity index (χ1n) is 6.88. The van der Waals surface area contributed by atoms with Crippen molar-refractivity contribution in [1.82, 2.24) is 10.6 Å². The highest BCUT2D eigenvalue weighted by Gasteiger charge is 2.22. The van der Waals surface area contributed by atoms with Crippen molar-refractivity contribution in [2.45, 2.75) is 38.8 Å². The molecule has 1 aliphatic heterocycles. The number of ether oxygens (including phenoxy) is 1. The highest BCUT2D eigenvalue weighted by Crippen LogP contribution is 2.11. The standard InChI is InChI=1S/C15H22N2O2/c1-11-5-7-13(8-6-11)19-10-12(2)17-15(18)14-4-3-9-16-14/h5-8,12,14,16H,3-4,9-10H2,1-2H3,(H,17,18). The van der Waals surface area contributed by atoms with Gasteiger partial charge < -0.3 is 15.4 Å². The van der Waals surface area contributed by atoms with Crippen LogP contribution in [0.5, 0.6) is 5.75 Å². The van der Waals surface area contributed by atoms with Crippen molar-refractivity contribution in [2.24, 2.45) is 0 Å². The molecule has 1 aliphatic rings. The van der Waals surface area contributed by atoms with E-state index in [1.807, 2.05) is 38.1 Å². The fraction of sp³-hybridized carbons (Fsp3) is 0.533. The SMILES string of the molecule is Cc1ccc(OCC(C)NC(=O)C2CCCN2)cc1. The maximum Gasteiger partial charge on any atom is 0.237 e. The van der Waals surface area contributed by atoms with Gasteiger partial charge in [-0.05, 0) is 45.4 Å². The molecule has 0 aromatic heterocycles. The molecule has 4 heteroatoms. The van der Waals surface area contributed by atoms with Crippen LogP contribution in [0, 0.1) is 6.92 Å². The van der Waals surface area contributed by atoms with Crippen LogP contribution in [-0.2, 0) is 4.79 Å². The van der Waals surface area contributed by atoms with Gasteiger partial charge in [0.05, 0.1) is 12.1 Å².